The fraction of sp³-hybridized carbons (Fsp3) is 0.647. The molecule has 0 amide bonds. The molecule has 1 unspecified atom stereocenters. The summed E-state index contributed by atoms with van der Waals surface area (Å²) in [5.41, 5.74) is 1.43. The van der Waals surface area contributed by atoms with Crippen LogP contribution < -0.4 is 10.1 Å². The van der Waals surface area contributed by atoms with Crippen LogP contribution in [0.3, 0.4) is 0 Å². The van der Waals surface area contributed by atoms with Crippen molar-refractivity contribution in [1.29, 1.82) is 0 Å². The van der Waals surface area contributed by atoms with Gasteiger partial charge in [-0.3, -0.25) is 0 Å². The van der Waals surface area contributed by atoms with Crippen LogP contribution in [0, 0.1) is 5.92 Å². The van der Waals surface area contributed by atoms with Gasteiger partial charge in [-0.2, -0.15) is 0 Å². The van der Waals surface area contributed by atoms with Gasteiger partial charge < -0.3 is 14.8 Å². The van der Waals surface area contributed by atoms with Gasteiger partial charge in [0.25, 0.3) is 0 Å². The van der Waals surface area contributed by atoms with E-state index in [0.717, 1.165) is 31.9 Å². The third kappa shape index (κ3) is 6.92. The monoisotopic (exact) mass is 279 g/mol. The number of methoxy groups -OCH3 is 1. The molecule has 114 valence electrons. The van der Waals surface area contributed by atoms with Crippen LogP contribution >= 0.6 is 0 Å². The van der Waals surface area contributed by atoms with E-state index in [4.69, 9.17) is 9.47 Å². The van der Waals surface area contributed by atoms with E-state index in [9.17, 15) is 0 Å². The summed E-state index contributed by atoms with van der Waals surface area (Å²) in [4.78, 5) is 0. The summed E-state index contributed by atoms with van der Waals surface area (Å²) < 4.78 is 10.9. The zero-order valence-corrected chi connectivity index (χ0v) is 13.5. The highest BCUT2D eigenvalue weighted by Crippen LogP contribution is 2.16. The van der Waals surface area contributed by atoms with E-state index < -0.39 is 0 Å². The summed E-state index contributed by atoms with van der Waals surface area (Å²) >= 11 is 0. The van der Waals surface area contributed by atoms with Gasteiger partial charge in [0.1, 0.15) is 5.75 Å². The topological polar surface area (TPSA) is 30.5 Å². The van der Waals surface area contributed by atoms with Crippen molar-refractivity contribution in [2.75, 3.05) is 26.9 Å². The fourth-order valence-electron chi connectivity index (χ4n) is 2.06. The Kier molecular flexibility index (Phi) is 7.03. The van der Waals surface area contributed by atoms with Crippen molar-refractivity contribution >= 4 is 0 Å². The van der Waals surface area contributed by atoms with Gasteiger partial charge in [-0.05, 0) is 57.7 Å². The van der Waals surface area contributed by atoms with E-state index in [-0.39, 0.29) is 5.54 Å². The lowest BCUT2D eigenvalue weighted by Gasteiger charge is -2.25. The minimum Gasteiger partial charge on any atom is -0.497 e. The van der Waals surface area contributed by atoms with Crippen LogP contribution in [0.15, 0.2) is 24.3 Å². The van der Waals surface area contributed by atoms with Crippen LogP contribution in [0.1, 0.15) is 33.3 Å². The number of ether oxygens (including phenoxy) is 2. The number of hydrogen-bond acceptors (Lipinski definition) is 3. The third-order valence-corrected chi connectivity index (χ3v) is 3.14. The zero-order valence-electron chi connectivity index (χ0n) is 13.5. The molecule has 0 saturated heterocycles. The van der Waals surface area contributed by atoms with Crippen LogP contribution in [-0.2, 0) is 11.2 Å². The van der Waals surface area contributed by atoms with Crippen molar-refractivity contribution in [1.82, 2.24) is 5.32 Å². The quantitative estimate of drug-likeness (QED) is 0.792. The molecular weight excluding hydrogens is 250 g/mol. The lowest BCUT2D eigenvalue weighted by atomic mass is 9.98. The molecule has 1 aromatic rings. The Hall–Kier alpha value is -1.06. The van der Waals surface area contributed by atoms with Crippen molar-refractivity contribution in [2.45, 2.75) is 39.7 Å². The minimum absolute atomic E-state index is 0.138. The van der Waals surface area contributed by atoms with E-state index in [2.05, 4.69) is 38.2 Å². The normalized spacial score (nSPS) is 13.2. The number of benzene rings is 1. The van der Waals surface area contributed by atoms with Gasteiger partial charge in [0.15, 0.2) is 0 Å². The summed E-state index contributed by atoms with van der Waals surface area (Å²) in [5.74, 6) is 1.39. The molecule has 1 aromatic carbocycles. The Bertz CT molecular complexity index is 385. The van der Waals surface area contributed by atoms with Gasteiger partial charge >= 0.3 is 0 Å². The first-order chi connectivity index (χ1) is 9.44. The summed E-state index contributed by atoms with van der Waals surface area (Å²) in [6.45, 7) is 11.1. The smallest absolute Gasteiger partial charge is 0.119 e. The SMILES string of the molecule is CCOCC(CNC(C)(C)C)Cc1cccc(OC)c1. The maximum Gasteiger partial charge on any atom is 0.119 e. The molecule has 0 aliphatic heterocycles. The van der Waals surface area contributed by atoms with Gasteiger partial charge in [0.2, 0.25) is 0 Å². The molecule has 0 bridgehead atoms. The highest BCUT2D eigenvalue weighted by atomic mass is 16.5. The van der Waals surface area contributed by atoms with Crippen molar-refractivity contribution in [3.05, 3.63) is 29.8 Å². The molecule has 1 N–H and O–H groups in total. The van der Waals surface area contributed by atoms with E-state index >= 15 is 0 Å². The van der Waals surface area contributed by atoms with Crippen LogP contribution in [0.2, 0.25) is 0 Å². The fourth-order valence-corrected chi connectivity index (χ4v) is 2.06. The predicted octanol–water partition coefficient (Wildman–Crippen LogP) is 3.28. The highest BCUT2D eigenvalue weighted by Gasteiger charge is 2.15. The first-order valence-electron chi connectivity index (χ1n) is 7.40. The van der Waals surface area contributed by atoms with E-state index in [0.29, 0.717) is 5.92 Å². The first-order valence-corrected chi connectivity index (χ1v) is 7.40. The number of hydrogen-bond donors (Lipinski definition) is 1. The van der Waals surface area contributed by atoms with Crippen LogP contribution in [0.4, 0.5) is 0 Å². The lowest BCUT2D eigenvalue weighted by molar-refractivity contribution is 0.107. The molecule has 20 heavy (non-hydrogen) atoms. The maximum absolute atomic E-state index is 5.62. The second kappa shape index (κ2) is 8.28. The lowest BCUT2D eigenvalue weighted by Crippen LogP contribution is -2.40. The van der Waals surface area contributed by atoms with Gasteiger partial charge in [-0.15, -0.1) is 0 Å². The average Bonchev–Trinajstić information content (AvgIpc) is 2.41. The highest BCUT2D eigenvalue weighted by molar-refractivity contribution is 5.28. The molecule has 0 radical (unpaired) electrons. The van der Waals surface area contributed by atoms with Gasteiger partial charge in [0.05, 0.1) is 13.7 Å². The molecule has 3 heteroatoms. The molecule has 0 fully saturated rings. The van der Waals surface area contributed by atoms with Gasteiger partial charge in [-0.1, -0.05) is 12.1 Å². The van der Waals surface area contributed by atoms with Gasteiger partial charge in [-0.25, -0.2) is 0 Å². The second-order valence-electron chi connectivity index (χ2n) is 6.21. The van der Waals surface area contributed by atoms with Crippen LogP contribution in [-0.4, -0.2) is 32.4 Å². The molecule has 1 rings (SSSR count). The largest absolute Gasteiger partial charge is 0.497 e. The van der Waals surface area contributed by atoms with E-state index in [1.807, 2.05) is 19.1 Å². The summed E-state index contributed by atoms with van der Waals surface area (Å²) in [6.07, 6.45) is 1.00. The molecule has 0 aromatic heterocycles. The maximum atomic E-state index is 5.62. The Morgan fingerprint density at radius 1 is 1.25 bits per heavy atom. The van der Waals surface area contributed by atoms with Crippen molar-refractivity contribution in [3.8, 4) is 5.75 Å². The molecule has 0 heterocycles. The predicted molar refractivity (Wildman–Crippen MR) is 84.4 cm³/mol. The van der Waals surface area contributed by atoms with E-state index in [1.165, 1.54) is 5.56 Å². The summed E-state index contributed by atoms with van der Waals surface area (Å²) in [5, 5.41) is 3.57. The average molecular weight is 279 g/mol. The molecule has 0 aliphatic rings. The molecule has 1 atom stereocenters. The Balaban J connectivity index is 2.62. The van der Waals surface area contributed by atoms with Crippen molar-refractivity contribution in [2.24, 2.45) is 5.92 Å². The van der Waals surface area contributed by atoms with Crippen LogP contribution in [0.25, 0.3) is 0 Å². The molecule has 0 saturated carbocycles. The van der Waals surface area contributed by atoms with Crippen LogP contribution in [0.5, 0.6) is 5.75 Å². The third-order valence-electron chi connectivity index (χ3n) is 3.14. The minimum atomic E-state index is 0.138. The number of rotatable bonds is 8. The molecular formula is C17H29NO2. The Morgan fingerprint density at radius 2 is 2.00 bits per heavy atom. The van der Waals surface area contributed by atoms with E-state index in [1.54, 1.807) is 7.11 Å². The zero-order chi connectivity index (χ0) is 15.0. The number of nitrogens with one attached hydrogen (secondary N) is 1. The van der Waals surface area contributed by atoms with Crippen molar-refractivity contribution < 1.29 is 9.47 Å². The standard InChI is InChI=1S/C17H29NO2/c1-6-20-13-15(12-18-17(2,3)4)10-14-8-7-9-16(11-14)19-5/h7-9,11,15,18H,6,10,12-13H2,1-5H3. The molecule has 3 nitrogen and oxygen atoms in total. The Morgan fingerprint density at radius 3 is 2.60 bits per heavy atom. The van der Waals surface area contributed by atoms with Gasteiger partial charge in [0, 0.05) is 18.7 Å². The Labute approximate surface area is 123 Å². The molecule has 0 spiro atoms. The molecule has 0 aliphatic carbocycles. The summed E-state index contributed by atoms with van der Waals surface area (Å²) in [7, 11) is 1.71. The second-order valence-corrected chi connectivity index (χ2v) is 6.21. The first kappa shape index (κ1) is 17.0. The summed E-state index contributed by atoms with van der Waals surface area (Å²) in [6, 6.07) is 8.28. The van der Waals surface area contributed by atoms with Crippen molar-refractivity contribution in [3.63, 3.8) is 0 Å².